The van der Waals surface area contributed by atoms with E-state index >= 15 is 0 Å². The van der Waals surface area contributed by atoms with E-state index in [1.165, 1.54) is 11.3 Å². The Morgan fingerprint density at radius 1 is 1.32 bits per heavy atom. The molecule has 0 radical (unpaired) electrons. The predicted octanol–water partition coefficient (Wildman–Crippen LogP) is 2.72. The third-order valence-electron chi connectivity index (χ3n) is 2.51. The second kappa shape index (κ2) is 5.99. The van der Waals surface area contributed by atoms with Gasteiger partial charge in [0.25, 0.3) is 5.91 Å². The third-order valence-corrected chi connectivity index (χ3v) is 3.92. The molecule has 1 atom stereocenters. The molecule has 0 aliphatic carbocycles. The first-order chi connectivity index (χ1) is 9.10. The number of thiophene rings is 1. The van der Waals surface area contributed by atoms with Crippen LogP contribution in [0.5, 0.6) is 0 Å². The van der Waals surface area contributed by atoms with Crippen LogP contribution >= 0.6 is 22.9 Å². The SMILES string of the molecule is CNC(=O)c1ccc(NC(C)c2ccc(Cl)s2)nn1. The van der Waals surface area contributed by atoms with Crippen LogP contribution in [0, 0.1) is 0 Å². The molecular weight excluding hydrogens is 284 g/mol. The van der Waals surface area contributed by atoms with Crippen LogP contribution in [0.3, 0.4) is 0 Å². The first-order valence-electron chi connectivity index (χ1n) is 5.67. The number of amides is 1. The molecule has 2 rings (SSSR count). The highest BCUT2D eigenvalue weighted by Crippen LogP contribution is 2.28. The Kier molecular flexibility index (Phi) is 4.34. The molecule has 2 heterocycles. The van der Waals surface area contributed by atoms with E-state index in [0.29, 0.717) is 11.5 Å². The van der Waals surface area contributed by atoms with E-state index in [9.17, 15) is 4.79 Å². The van der Waals surface area contributed by atoms with E-state index in [0.717, 1.165) is 9.21 Å². The highest BCUT2D eigenvalue weighted by atomic mass is 35.5. The number of nitrogens with one attached hydrogen (secondary N) is 2. The average Bonchev–Trinajstić information content (AvgIpc) is 2.85. The van der Waals surface area contributed by atoms with Gasteiger partial charge in [-0.2, -0.15) is 0 Å². The van der Waals surface area contributed by atoms with Crippen molar-refractivity contribution in [1.82, 2.24) is 15.5 Å². The number of anilines is 1. The summed E-state index contributed by atoms with van der Waals surface area (Å²) in [6.07, 6.45) is 0. The summed E-state index contributed by atoms with van der Waals surface area (Å²) in [5, 5.41) is 13.5. The lowest BCUT2D eigenvalue weighted by molar-refractivity contribution is 0.0957. The van der Waals surface area contributed by atoms with Gasteiger partial charge in [-0.15, -0.1) is 21.5 Å². The highest BCUT2D eigenvalue weighted by molar-refractivity contribution is 7.16. The van der Waals surface area contributed by atoms with Gasteiger partial charge in [-0.05, 0) is 31.2 Å². The van der Waals surface area contributed by atoms with Crippen LogP contribution in [0.4, 0.5) is 5.82 Å². The Hall–Kier alpha value is -1.66. The minimum Gasteiger partial charge on any atom is -0.361 e. The summed E-state index contributed by atoms with van der Waals surface area (Å²) >= 11 is 7.41. The number of carbonyl (C=O) groups excluding carboxylic acids is 1. The number of carbonyl (C=O) groups is 1. The second-order valence-electron chi connectivity index (χ2n) is 3.89. The zero-order valence-corrected chi connectivity index (χ0v) is 12.0. The smallest absolute Gasteiger partial charge is 0.271 e. The number of nitrogens with zero attached hydrogens (tertiary/aromatic N) is 2. The summed E-state index contributed by atoms with van der Waals surface area (Å²) in [6.45, 7) is 2.01. The Morgan fingerprint density at radius 2 is 2.11 bits per heavy atom. The number of aromatic nitrogens is 2. The Morgan fingerprint density at radius 3 is 2.63 bits per heavy atom. The number of halogens is 1. The lowest BCUT2D eigenvalue weighted by Crippen LogP contribution is -2.20. The topological polar surface area (TPSA) is 66.9 Å². The van der Waals surface area contributed by atoms with Crippen molar-refractivity contribution in [2.75, 3.05) is 12.4 Å². The molecule has 19 heavy (non-hydrogen) atoms. The average molecular weight is 297 g/mol. The maximum Gasteiger partial charge on any atom is 0.271 e. The second-order valence-corrected chi connectivity index (χ2v) is 5.64. The van der Waals surface area contributed by atoms with Crippen molar-refractivity contribution in [3.05, 3.63) is 39.2 Å². The van der Waals surface area contributed by atoms with E-state index in [1.54, 1.807) is 19.2 Å². The molecule has 2 aromatic heterocycles. The van der Waals surface area contributed by atoms with Gasteiger partial charge in [-0.1, -0.05) is 11.6 Å². The van der Waals surface area contributed by atoms with Crippen LogP contribution in [0.2, 0.25) is 4.34 Å². The van der Waals surface area contributed by atoms with Crippen molar-refractivity contribution in [1.29, 1.82) is 0 Å². The van der Waals surface area contributed by atoms with Crippen molar-refractivity contribution < 1.29 is 4.79 Å². The first kappa shape index (κ1) is 13.8. The lowest BCUT2D eigenvalue weighted by atomic mass is 10.2. The van der Waals surface area contributed by atoms with Crippen LogP contribution in [0.15, 0.2) is 24.3 Å². The highest BCUT2D eigenvalue weighted by Gasteiger charge is 2.10. The summed E-state index contributed by atoms with van der Waals surface area (Å²) in [5.74, 6) is 0.363. The van der Waals surface area contributed by atoms with Crippen LogP contribution in [-0.2, 0) is 0 Å². The van der Waals surface area contributed by atoms with Crippen molar-refractivity contribution in [3.8, 4) is 0 Å². The van der Waals surface area contributed by atoms with Gasteiger partial charge in [0, 0.05) is 11.9 Å². The van der Waals surface area contributed by atoms with Crippen LogP contribution in [0.1, 0.15) is 28.3 Å². The van der Waals surface area contributed by atoms with Gasteiger partial charge in [-0.3, -0.25) is 4.79 Å². The van der Waals surface area contributed by atoms with Gasteiger partial charge >= 0.3 is 0 Å². The summed E-state index contributed by atoms with van der Waals surface area (Å²) in [5.41, 5.74) is 0.292. The van der Waals surface area contributed by atoms with E-state index < -0.39 is 0 Å². The number of hydrogen-bond acceptors (Lipinski definition) is 5. The normalized spacial score (nSPS) is 11.9. The maximum absolute atomic E-state index is 11.3. The molecule has 0 bridgehead atoms. The first-order valence-corrected chi connectivity index (χ1v) is 6.87. The lowest BCUT2D eigenvalue weighted by Gasteiger charge is -2.12. The molecule has 0 saturated heterocycles. The molecule has 100 valence electrons. The van der Waals surface area contributed by atoms with Crippen molar-refractivity contribution in [2.45, 2.75) is 13.0 Å². The summed E-state index contributed by atoms with van der Waals surface area (Å²) < 4.78 is 0.754. The minimum atomic E-state index is -0.253. The molecule has 1 unspecified atom stereocenters. The standard InChI is InChI=1S/C12H13ClN4OS/c1-7(9-4-5-10(13)19-9)15-11-6-3-8(16-17-11)12(18)14-2/h3-7H,1-2H3,(H,14,18)(H,15,17). The molecule has 2 N–H and O–H groups in total. The van der Waals surface area contributed by atoms with Gasteiger partial charge in [0.2, 0.25) is 0 Å². The number of hydrogen-bond donors (Lipinski definition) is 2. The number of rotatable bonds is 4. The summed E-state index contributed by atoms with van der Waals surface area (Å²) in [4.78, 5) is 12.4. The summed E-state index contributed by atoms with van der Waals surface area (Å²) in [7, 11) is 1.55. The van der Waals surface area contributed by atoms with Gasteiger partial charge in [0.1, 0.15) is 5.82 Å². The largest absolute Gasteiger partial charge is 0.361 e. The summed E-state index contributed by atoms with van der Waals surface area (Å²) in [6, 6.07) is 7.26. The van der Waals surface area contributed by atoms with Gasteiger partial charge < -0.3 is 10.6 Å². The molecule has 0 aromatic carbocycles. The van der Waals surface area contributed by atoms with Gasteiger partial charge in [-0.25, -0.2) is 0 Å². The molecule has 2 aromatic rings. The molecule has 7 heteroatoms. The van der Waals surface area contributed by atoms with Crippen molar-refractivity contribution >= 4 is 34.7 Å². The van der Waals surface area contributed by atoms with Gasteiger partial charge in [0.15, 0.2) is 5.69 Å². The van der Waals surface area contributed by atoms with E-state index in [4.69, 9.17) is 11.6 Å². The molecule has 0 fully saturated rings. The zero-order valence-electron chi connectivity index (χ0n) is 10.5. The van der Waals surface area contributed by atoms with Crippen LogP contribution in [-0.4, -0.2) is 23.2 Å². The van der Waals surface area contributed by atoms with Crippen molar-refractivity contribution in [3.63, 3.8) is 0 Å². The van der Waals surface area contributed by atoms with Crippen LogP contribution in [0.25, 0.3) is 0 Å². The van der Waals surface area contributed by atoms with Crippen molar-refractivity contribution in [2.24, 2.45) is 0 Å². The molecule has 0 saturated carbocycles. The van der Waals surface area contributed by atoms with Gasteiger partial charge in [0.05, 0.1) is 10.4 Å². The fraction of sp³-hybridized carbons (Fsp3) is 0.250. The molecular formula is C12H13ClN4OS. The fourth-order valence-electron chi connectivity index (χ4n) is 1.51. The molecule has 0 aliphatic heterocycles. The maximum atomic E-state index is 11.3. The Labute approximate surface area is 120 Å². The monoisotopic (exact) mass is 296 g/mol. The zero-order chi connectivity index (χ0) is 13.8. The molecule has 0 spiro atoms. The minimum absolute atomic E-state index is 0.0812. The van der Waals surface area contributed by atoms with E-state index in [1.807, 2.05) is 19.1 Å². The fourth-order valence-corrected chi connectivity index (χ4v) is 2.58. The van der Waals surface area contributed by atoms with E-state index in [-0.39, 0.29) is 11.9 Å². The Balaban J connectivity index is 2.05. The molecule has 0 aliphatic rings. The predicted molar refractivity (Wildman–Crippen MR) is 76.8 cm³/mol. The molecule has 1 amide bonds. The Bertz CT molecular complexity index is 569. The third kappa shape index (κ3) is 3.42. The quantitative estimate of drug-likeness (QED) is 0.910. The molecule has 5 nitrogen and oxygen atoms in total. The van der Waals surface area contributed by atoms with E-state index in [2.05, 4.69) is 20.8 Å². The van der Waals surface area contributed by atoms with Crippen LogP contribution < -0.4 is 10.6 Å².